The largest absolute Gasteiger partial charge is 0.496 e. The highest BCUT2D eigenvalue weighted by Gasteiger charge is 2.23. The van der Waals surface area contributed by atoms with Gasteiger partial charge in [-0.3, -0.25) is 4.98 Å². The molecule has 6 nitrogen and oxygen atoms in total. The van der Waals surface area contributed by atoms with Gasteiger partial charge in [-0.1, -0.05) is 17.7 Å². The zero-order valence-electron chi connectivity index (χ0n) is 16.5. The smallest absolute Gasteiger partial charge is 0.336 e. The lowest BCUT2D eigenvalue weighted by atomic mass is 9.95. The second kappa shape index (κ2) is 8.34. The maximum Gasteiger partial charge on any atom is 0.336 e. The first-order chi connectivity index (χ1) is 14.6. The summed E-state index contributed by atoms with van der Waals surface area (Å²) >= 11 is 6.47. The SMILES string of the molecule is COc1ccc2ncccc2c1-c1[nH]c2c(Cl)ccc(C(=O)O)c2c1CCCCN. The van der Waals surface area contributed by atoms with Gasteiger partial charge in [-0.25, -0.2) is 4.79 Å². The Hall–Kier alpha value is -3.09. The Morgan fingerprint density at radius 3 is 2.80 bits per heavy atom. The summed E-state index contributed by atoms with van der Waals surface area (Å²) in [4.78, 5) is 19.8. The number of carboxylic acid groups (broad SMARTS) is 1. The van der Waals surface area contributed by atoms with Crippen LogP contribution in [0, 0.1) is 0 Å². The summed E-state index contributed by atoms with van der Waals surface area (Å²) in [7, 11) is 1.62. The molecule has 0 aliphatic heterocycles. The van der Waals surface area contributed by atoms with Crippen LogP contribution < -0.4 is 10.5 Å². The first kappa shape index (κ1) is 20.2. The predicted molar refractivity (Wildman–Crippen MR) is 120 cm³/mol. The number of carboxylic acids is 1. The van der Waals surface area contributed by atoms with Gasteiger partial charge < -0.3 is 20.6 Å². The molecule has 0 aliphatic carbocycles. The minimum absolute atomic E-state index is 0.219. The third kappa shape index (κ3) is 3.38. The molecule has 154 valence electrons. The molecule has 0 aliphatic rings. The summed E-state index contributed by atoms with van der Waals surface area (Å²) in [6.45, 7) is 0.575. The Labute approximate surface area is 178 Å². The molecule has 0 bridgehead atoms. The average Bonchev–Trinajstić information content (AvgIpc) is 3.13. The van der Waals surface area contributed by atoms with Crippen LogP contribution in [-0.4, -0.2) is 34.7 Å². The summed E-state index contributed by atoms with van der Waals surface area (Å²) in [6, 6.07) is 10.8. The van der Waals surface area contributed by atoms with Crippen molar-refractivity contribution >= 4 is 39.4 Å². The number of H-pyrrole nitrogens is 1. The van der Waals surface area contributed by atoms with Crippen molar-refractivity contribution < 1.29 is 14.6 Å². The zero-order chi connectivity index (χ0) is 21.3. The molecular formula is C23H22ClN3O3. The number of benzene rings is 2. The predicted octanol–water partition coefficient (Wildman–Crippen LogP) is 5.02. The fourth-order valence-electron chi connectivity index (χ4n) is 3.99. The number of nitrogens with two attached hydrogens (primary N) is 1. The lowest BCUT2D eigenvalue weighted by Crippen LogP contribution is -2.02. The second-order valence-electron chi connectivity index (χ2n) is 7.09. The Balaban J connectivity index is 2.10. The molecule has 0 amide bonds. The number of carbonyl (C=O) groups is 1. The fourth-order valence-corrected chi connectivity index (χ4v) is 4.19. The van der Waals surface area contributed by atoms with Gasteiger partial charge in [0.05, 0.1) is 34.4 Å². The standard InChI is InChI=1S/C23H22ClN3O3/c1-30-18-10-9-17-13(6-4-12-26-17)20(18)21-14(5-2-3-11-25)19-15(23(28)29)7-8-16(24)22(19)27-21/h4,6-10,12,27H,2-3,5,11,25H2,1H3,(H,28,29). The number of pyridine rings is 1. The molecule has 2 heterocycles. The number of halogens is 1. The van der Waals surface area contributed by atoms with Gasteiger partial charge in [0.2, 0.25) is 0 Å². The molecule has 0 saturated heterocycles. The van der Waals surface area contributed by atoms with E-state index in [4.69, 9.17) is 22.1 Å². The zero-order valence-corrected chi connectivity index (χ0v) is 17.3. The van der Waals surface area contributed by atoms with Crippen LogP contribution in [0.2, 0.25) is 5.02 Å². The molecule has 7 heteroatoms. The molecule has 0 fully saturated rings. The van der Waals surface area contributed by atoms with Crippen molar-refractivity contribution in [3.8, 4) is 17.0 Å². The summed E-state index contributed by atoms with van der Waals surface area (Å²) in [6.07, 6.45) is 4.06. The fraction of sp³-hybridized carbons (Fsp3) is 0.217. The monoisotopic (exact) mass is 423 g/mol. The third-order valence-corrected chi connectivity index (χ3v) is 5.65. The lowest BCUT2D eigenvalue weighted by molar-refractivity contribution is 0.0699. The molecule has 4 rings (SSSR count). The molecule has 0 atom stereocenters. The van der Waals surface area contributed by atoms with Crippen LogP contribution >= 0.6 is 11.6 Å². The highest BCUT2D eigenvalue weighted by Crippen LogP contribution is 2.43. The number of hydrogen-bond acceptors (Lipinski definition) is 4. The van der Waals surface area contributed by atoms with Gasteiger partial charge in [0.1, 0.15) is 5.75 Å². The molecule has 0 unspecified atom stereocenters. The molecule has 4 N–H and O–H groups in total. The van der Waals surface area contributed by atoms with E-state index in [1.807, 2.05) is 24.3 Å². The molecule has 0 radical (unpaired) electrons. The number of aromatic nitrogens is 2. The van der Waals surface area contributed by atoms with Gasteiger partial charge >= 0.3 is 5.97 Å². The highest BCUT2D eigenvalue weighted by molar-refractivity contribution is 6.36. The molecule has 0 spiro atoms. The van der Waals surface area contributed by atoms with Crippen LogP contribution in [0.1, 0.15) is 28.8 Å². The van der Waals surface area contributed by atoms with E-state index < -0.39 is 5.97 Å². The van der Waals surface area contributed by atoms with Crippen molar-refractivity contribution in [3.63, 3.8) is 0 Å². The number of nitrogens with zero attached hydrogens (tertiary/aromatic N) is 1. The number of hydrogen-bond donors (Lipinski definition) is 3. The highest BCUT2D eigenvalue weighted by atomic mass is 35.5. The Morgan fingerprint density at radius 2 is 2.07 bits per heavy atom. The second-order valence-corrected chi connectivity index (χ2v) is 7.49. The third-order valence-electron chi connectivity index (χ3n) is 5.34. The number of fused-ring (bicyclic) bond motifs is 2. The van der Waals surface area contributed by atoms with E-state index in [0.717, 1.165) is 40.6 Å². The number of rotatable bonds is 7. The van der Waals surface area contributed by atoms with E-state index in [-0.39, 0.29) is 5.56 Å². The molecular weight excluding hydrogens is 402 g/mol. The van der Waals surface area contributed by atoms with E-state index in [0.29, 0.717) is 34.6 Å². The minimum atomic E-state index is -0.992. The number of aromatic amines is 1. The van der Waals surface area contributed by atoms with Crippen LogP contribution in [0.3, 0.4) is 0 Å². The number of aromatic carboxylic acids is 1. The van der Waals surface area contributed by atoms with Crippen molar-refractivity contribution in [2.75, 3.05) is 13.7 Å². The van der Waals surface area contributed by atoms with Crippen molar-refractivity contribution in [1.29, 1.82) is 0 Å². The van der Waals surface area contributed by atoms with Gasteiger partial charge in [0, 0.05) is 22.5 Å². The molecule has 30 heavy (non-hydrogen) atoms. The maximum absolute atomic E-state index is 12.0. The maximum atomic E-state index is 12.0. The van der Waals surface area contributed by atoms with E-state index in [9.17, 15) is 9.90 Å². The normalized spacial score (nSPS) is 11.3. The van der Waals surface area contributed by atoms with E-state index in [2.05, 4.69) is 9.97 Å². The summed E-state index contributed by atoms with van der Waals surface area (Å²) in [5.74, 6) is -0.316. The topological polar surface area (TPSA) is 101 Å². The molecule has 0 saturated carbocycles. The summed E-state index contributed by atoms with van der Waals surface area (Å²) in [5, 5.41) is 11.8. The van der Waals surface area contributed by atoms with Crippen LogP contribution in [0.25, 0.3) is 33.1 Å². The number of nitrogens with one attached hydrogen (secondary N) is 1. The molecule has 4 aromatic rings. The van der Waals surface area contributed by atoms with Crippen molar-refractivity contribution in [1.82, 2.24) is 9.97 Å². The van der Waals surface area contributed by atoms with E-state index >= 15 is 0 Å². The first-order valence-electron chi connectivity index (χ1n) is 9.75. The van der Waals surface area contributed by atoms with Gasteiger partial charge in [-0.2, -0.15) is 0 Å². The quantitative estimate of drug-likeness (QED) is 0.362. The summed E-state index contributed by atoms with van der Waals surface area (Å²) < 4.78 is 5.68. The number of ether oxygens (including phenoxy) is 1. The van der Waals surface area contributed by atoms with Gasteiger partial charge in [-0.15, -0.1) is 0 Å². The van der Waals surface area contributed by atoms with Crippen LogP contribution in [0.4, 0.5) is 0 Å². The van der Waals surface area contributed by atoms with Gasteiger partial charge in [-0.05, 0) is 61.7 Å². The van der Waals surface area contributed by atoms with Crippen LogP contribution in [0.5, 0.6) is 5.75 Å². The first-order valence-corrected chi connectivity index (χ1v) is 10.1. The van der Waals surface area contributed by atoms with Gasteiger partial charge in [0.15, 0.2) is 0 Å². The van der Waals surface area contributed by atoms with Crippen molar-refractivity contribution in [2.45, 2.75) is 19.3 Å². The molecule has 2 aromatic carbocycles. The Morgan fingerprint density at radius 1 is 1.23 bits per heavy atom. The van der Waals surface area contributed by atoms with Crippen molar-refractivity contribution in [2.24, 2.45) is 5.73 Å². The number of unbranched alkanes of at least 4 members (excludes halogenated alkanes) is 1. The number of methoxy groups -OCH3 is 1. The van der Waals surface area contributed by atoms with E-state index in [1.54, 1.807) is 25.4 Å². The summed E-state index contributed by atoms with van der Waals surface area (Å²) in [5.41, 5.74) is 9.89. The van der Waals surface area contributed by atoms with E-state index in [1.165, 1.54) is 0 Å². The number of aryl methyl sites for hydroxylation is 1. The molecule has 2 aromatic heterocycles. The average molecular weight is 424 g/mol. The Kier molecular flexibility index (Phi) is 5.61. The van der Waals surface area contributed by atoms with Crippen molar-refractivity contribution in [3.05, 3.63) is 58.7 Å². The Bertz CT molecular complexity index is 1250. The minimum Gasteiger partial charge on any atom is -0.496 e. The van der Waals surface area contributed by atoms with Crippen LogP contribution in [0.15, 0.2) is 42.6 Å². The van der Waals surface area contributed by atoms with Gasteiger partial charge in [0.25, 0.3) is 0 Å². The van der Waals surface area contributed by atoms with Crippen LogP contribution in [-0.2, 0) is 6.42 Å². The lowest BCUT2D eigenvalue weighted by Gasteiger charge is -2.13.